The summed E-state index contributed by atoms with van der Waals surface area (Å²) in [7, 11) is 3.06. The molecule has 0 N–H and O–H groups in total. The summed E-state index contributed by atoms with van der Waals surface area (Å²) in [6.45, 7) is 3.80. The van der Waals surface area contributed by atoms with E-state index in [1.807, 2.05) is 26.0 Å². The average molecular weight is 269 g/mol. The second-order valence-electron chi connectivity index (χ2n) is 4.08. The smallest absolute Gasteiger partial charge is 0.309 e. The maximum Gasteiger partial charge on any atom is 0.309 e. The zero-order chi connectivity index (χ0) is 13.5. The van der Waals surface area contributed by atoms with Crippen molar-refractivity contribution in [2.45, 2.75) is 19.6 Å². The number of pyridine rings is 1. The standard InChI is InChI=1S/C13H19NO3S/c1-9(13(15)17-4)7-18-8-11-6-12(16-3)5-10(2)14-11/h5-6,9H,7-8H2,1-4H3. The molecule has 0 saturated heterocycles. The predicted octanol–water partition coefficient (Wildman–Crippen LogP) is 2.44. The van der Waals surface area contributed by atoms with Crippen LogP contribution in [-0.2, 0) is 15.3 Å². The van der Waals surface area contributed by atoms with E-state index in [0.717, 1.165) is 28.6 Å². The average Bonchev–Trinajstić information content (AvgIpc) is 2.36. The van der Waals surface area contributed by atoms with Gasteiger partial charge in [-0.05, 0) is 6.92 Å². The van der Waals surface area contributed by atoms with E-state index >= 15 is 0 Å². The fourth-order valence-corrected chi connectivity index (χ4v) is 2.47. The van der Waals surface area contributed by atoms with Gasteiger partial charge in [0.15, 0.2) is 0 Å². The lowest BCUT2D eigenvalue weighted by molar-refractivity contribution is -0.143. The summed E-state index contributed by atoms with van der Waals surface area (Å²) in [5, 5.41) is 0. The first-order valence-corrected chi connectivity index (χ1v) is 6.89. The minimum atomic E-state index is -0.169. The lowest BCUT2D eigenvalue weighted by Gasteiger charge is -2.09. The fraction of sp³-hybridized carbons (Fsp3) is 0.538. The molecule has 0 amide bonds. The molecule has 1 aromatic rings. The van der Waals surface area contributed by atoms with Gasteiger partial charge in [0.05, 0.1) is 25.8 Å². The number of esters is 1. The van der Waals surface area contributed by atoms with Gasteiger partial charge >= 0.3 is 5.97 Å². The van der Waals surface area contributed by atoms with Crippen molar-refractivity contribution in [3.05, 3.63) is 23.5 Å². The van der Waals surface area contributed by atoms with Crippen molar-refractivity contribution < 1.29 is 14.3 Å². The molecule has 0 fully saturated rings. The fourth-order valence-electron chi connectivity index (χ4n) is 1.50. The number of hydrogen-bond donors (Lipinski definition) is 0. The summed E-state index contributed by atoms with van der Waals surface area (Å²) >= 11 is 1.67. The summed E-state index contributed by atoms with van der Waals surface area (Å²) in [5.74, 6) is 2.05. The first-order chi connectivity index (χ1) is 8.56. The van der Waals surface area contributed by atoms with Crippen LogP contribution in [0.5, 0.6) is 5.75 Å². The first kappa shape index (κ1) is 14.8. The number of carbonyl (C=O) groups excluding carboxylic acids is 1. The van der Waals surface area contributed by atoms with E-state index in [-0.39, 0.29) is 11.9 Å². The second kappa shape index (κ2) is 7.26. The van der Waals surface area contributed by atoms with E-state index in [9.17, 15) is 4.79 Å². The quantitative estimate of drug-likeness (QED) is 0.742. The maximum atomic E-state index is 11.2. The van der Waals surface area contributed by atoms with Crippen molar-refractivity contribution in [1.29, 1.82) is 0 Å². The van der Waals surface area contributed by atoms with Gasteiger partial charge in [0.1, 0.15) is 5.75 Å². The number of ether oxygens (including phenoxy) is 2. The van der Waals surface area contributed by atoms with E-state index in [2.05, 4.69) is 9.72 Å². The summed E-state index contributed by atoms with van der Waals surface area (Å²) in [5.41, 5.74) is 1.90. The maximum absolute atomic E-state index is 11.2. The number of nitrogens with zero attached hydrogens (tertiary/aromatic N) is 1. The molecule has 0 aromatic carbocycles. The van der Waals surface area contributed by atoms with Gasteiger partial charge in [-0.3, -0.25) is 9.78 Å². The molecule has 0 bridgehead atoms. The van der Waals surface area contributed by atoms with Gasteiger partial charge in [-0.15, -0.1) is 0 Å². The van der Waals surface area contributed by atoms with Crippen LogP contribution in [0.4, 0.5) is 0 Å². The number of methoxy groups -OCH3 is 2. The summed E-state index contributed by atoms with van der Waals surface area (Å²) < 4.78 is 9.88. The number of aryl methyl sites for hydroxylation is 1. The minimum absolute atomic E-state index is 0.0910. The van der Waals surface area contributed by atoms with Gasteiger partial charge in [0.2, 0.25) is 0 Å². The molecule has 1 rings (SSSR count). The summed E-state index contributed by atoms with van der Waals surface area (Å²) in [4.78, 5) is 15.7. The Hall–Kier alpha value is -1.23. The van der Waals surface area contributed by atoms with Crippen molar-refractivity contribution in [2.75, 3.05) is 20.0 Å². The van der Waals surface area contributed by atoms with Crippen LogP contribution >= 0.6 is 11.8 Å². The topological polar surface area (TPSA) is 48.4 Å². The van der Waals surface area contributed by atoms with Crippen molar-refractivity contribution in [3.8, 4) is 5.75 Å². The van der Waals surface area contributed by atoms with E-state index in [4.69, 9.17) is 4.74 Å². The SMILES string of the molecule is COC(=O)C(C)CSCc1cc(OC)cc(C)n1. The normalized spacial score (nSPS) is 12.0. The van der Waals surface area contributed by atoms with Gasteiger partial charge in [-0.25, -0.2) is 0 Å². The van der Waals surface area contributed by atoms with Crippen LogP contribution < -0.4 is 4.74 Å². The lowest BCUT2D eigenvalue weighted by Crippen LogP contribution is -2.14. The van der Waals surface area contributed by atoms with Gasteiger partial charge in [0.25, 0.3) is 0 Å². The summed E-state index contributed by atoms with van der Waals surface area (Å²) in [6.07, 6.45) is 0. The Balaban J connectivity index is 2.48. The van der Waals surface area contributed by atoms with E-state index in [1.165, 1.54) is 7.11 Å². The van der Waals surface area contributed by atoms with E-state index < -0.39 is 0 Å². The Morgan fingerprint density at radius 3 is 2.78 bits per heavy atom. The molecule has 0 radical (unpaired) electrons. The molecule has 0 spiro atoms. The molecular formula is C13H19NO3S. The van der Waals surface area contributed by atoms with Crippen LogP contribution in [0, 0.1) is 12.8 Å². The molecule has 1 heterocycles. The van der Waals surface area contributed by atoms with Crippen LogP contribution in [0.3, 0.4) is 0 Å². The zero-order valence-electron chi connectivity index (χ0n) is 11.2. The number of rotatable bonds is 6. The molecule has 1 atom stereocenters. The Labute approximate surface area is 112 Å². The van der Waals surface area contributed by atoms with Gasteiger partial charge in [-0.2, -0.15) is 11.8 Å². The number of hydrogen-bond acceptors (Lipinski definition) is 5. The van der Waals surface area contributed by atoms with Gasteiger partial charge < -0.3 is 9.47 Å². The van der Waals surface area contributed by atoms with Crippen LogP contribution in [0.15, 0.2) is 12.1 Å². The number of carbonyl (C=O) groups is 1. The monoisotopic (exact) mass is 269 g/mol. The molecule has 1 unspecified atom stereocenters. The third-order valence-corrected chi connectivity index (χ3v) is 3.67. The van der Waals surface area contributed by atoms with Crippen molar-refractivity contribution in [1.82, 2.24) is 4.98 Å². The molecule has 0 aliphatic heterocycles. The highest BCUT2D eigenvalue weighted by Gasteiger charge is 2.13. The Kier molecular flexibility index (Phi) is 5.98. The third-order valence-electron chi connectivity index (χ3n) is 2.44. The van der Waals surface area contributed by atoms with Gasteiger partial charge in [0, 0.05) is 29.3 Å². The number of thioether (sulfide) groups is 1. The highest BCUT2D eigenvalue weighted by Crippen LogP contribution is 2.19. The predicted molar refractivity (Wildman–Crippen MR) is 72.9 cm³/mol. The Bertz CT molecular complexity index is 409. The second-order valence-corrected chi connectivity index (χ2v) is 5.11. The third kappa shape index (κ3) is 4.56. The highest BCUT2D eigenvalue weighted by molar-refractivity contribution is 7.98. The highest BCUT2D eigenvalue weighted by atomic mass is 32.2. The molecule has 0 saturated carbocycles. The van der Waals surface area contributed by atoms with Crippen molar-refractivity contribution in [3.63, 3.8) is 0 Å². The van der Waals surface area contributed by atoms with Crippen LogP contribution in [0.1, 0.15) is 18.3 Å². The first-order valence-electron chi connectivity index (χ1n) is 5.74. The van der Waals surface area contributed by atoms with Crippen molar-refractivity contribution >= 4 is 17.7 Å². The van der Waals surface area contributed by atoms with E-state index in [0.29, 0.717) is 0 Å². The largest absolute Gasteiger partial charge is 0.497 e. The summed E-state index contributed by atoms with van der Waals surface area (Å²) in [6, 6.07) is 3.81. The number of aromatic nitrogens is 1. The molecule has 4 nitrogen and oxygen atoms in total. The molecule has 100 valence electrons. The molecule has 5 heteroatoms. The molecule has 1 aromatic heterocycles. The molecule has 0 aliphatic carbocycles. The molecular weight excluding hydrogens is 250 g/mol. The van der Waals surface area contributed by atoms with Gasteiger partial charge in [-0.1, -0.05) is 6.92 Å². The molecule has 18 heavy (non-hydrogen) atoms. The van der Waals surface area contributed by atoms with E-state index in [1.54, 1.807) is 18.9 Å². The lowest BCUT2D eigenvalue weighted by atomic mass is 10.2. The molecule has 0 aliphatic rings. The van der Waals surface area contributed by atoms with Crippen molar-refractivity contribution in [2.24, 2.45) is 5.92 Å². The zero-order valence-corrected chi connectivity index (χ0v) is 12.0. The van der Waals surface area contributed by atoms with Crippen LogP contribution in [0.2, 0.25) is 0 Å². The Morgan fingerprint density at radius 1 is 1.44 bits per heavy atom. The Morgan fingerprint density at radius 2 is 2.17 bits per heavy atom. The minimum Gasteiger partial charge on any atom is -0.497 e. The van der Waals surface area contributed by atoms with Crippen LogP contribution in [-0.4, -0.2) is 30.9 Å². The van der Waals surface area contributed by atoms with Crippen LogP contribution in [0.25, 0.3) is 0 Å².